The molecule has 1 heterocycles. The van der Waals surface area contributed by atoms with Gasteiger partial charge < -0.3 is 5.32 Å². The molecule has 1 aromatic heterocycles. The summed E-state index contributed by atoms with van der Waals surface area (Å²) in [5.41, 5.74) is 4.60. The minimum absolute atomic E-state index is 0.864. The zero-order valence-electron chi connectivity index (χ0n) is 10.3. The molecule has 3 nitrogen and oxygen atoms in total. The molecule has 0 unspecified atom stereocenters. The van der Waals surface area contributed by atoms with E-state index in [-0.39, 0.29) is 0 Å². The standard InChI is InChI=1S/C14H17N3/c1-3-15-9-12-5-4-11(2)8-13(12)14-10-16-6-7-17-14/h4-8,10,15H,3,9H2,1-2H3. The van der Waals surface area contributed by atoms with E-state index in [0.29, 0.717) is 0 Å². The van der Waals surface area contributed by atoms with Gasteiger partial charge in [-0.1, -0.05) is 24.6 Å². The molecule has 0 bridgehead atoms. The fraction of sp³-hybridized carbons (Fsp3) is 0.286. The maximum absolute atomic E-state index is 4.37. The summed E-state index contributed by atoms with van der Waals surface area (Å²) in [6.07, 6.45) is 5.24. The third-order valence-corrected chi connectivity index (χ3v) is 2.67. The van der Waals surface area contributed by atoms with Crippen molar-refractivity contribution in [2.24, 2.45) is 0 Å². The van der Waals surface area contributed by atoms with Crippen LogP contribution in [0.2, 0.25) is 0 Å². The van der Waals surface area contributed by atoms with Gasteiger partial charge in [0.2, 0.25) is 0 Å². The predicted molar refractivity (Wildman–Crippen MR) is 69.6 cm³/mol. The average molecular weight is 227 g/mol. The van der Waals surface area contributed by atoms with Gasteiger partial charge in [0.15, 0.2) is 0 Å². The van der Waals surface area contributed by atoms with Crippen LogP contribution in [0.4, 0.5) is 0 Å². The summed E-state index contributed by atoms with van der Waals surface area (Å²) >= 11 is 0. The third kappa shape index (κ3) is 2.88. The normalized spacial score (nSPS) is 10.5. The SMILES string of the molecule is CCNCc1ccc(C)cc1-c1cnccn1. The molecule has 0 atom stereocenters. The highest BCUT2D eigenvalue weighted by Gasteiger charge is 2.06. The zero-order chi connectivity index (χ0) is 12.1. The van der Waals surface area contributed by atoms with Gasteiger partial charge in [0, 0.05) is 24.5 Å². The van der Waals surface area contributed by atoms with Gasteiger partial charge in [-0.25, -0.2) is 0 Å². The van der Waals surface area contributed by atoms with Gasteiger partial charge in [-0.05, 0) is 25.1 Å². The quantitative estimate of drug-likeness (QED) is 0.872. The van der Waals surface area contributed by atoms with E-state index >= 15 is 0 Å². The molecular weight excluding hydrogens is 210 g/mol. The number of aromatic nitrogens is 2. The fourth-order valence-corrected chi connectivity index (χ4v) is 1.78. The molecule has 88 valence electrons. The number of nitrogens with one attached hydrogen (secondary N) is 1. The van der Waals surface area contributed by atoms with Crippen molar-refractivity contribution in [3.05, 3.63) is 47.9 Å². The molecule has 0 aliphatic rings. The van der Waals surface area contributed by atoms with Crippen molar-refractivity contribution in [3.63, 3.8) is 0 Å². The van der Waals surface area contributed by atoms with Crippen molar-refractivity contribution in [2.75, 3.05) is 6.54 Å². The second kappa shape index (κ2) is 5.55. The molecule has 0 saturated heterocycles. The highest BCUT2D eigenvalue weighted by molar-refractivity contribution is 5.63. The topological polar surface area (TPSA) is 37.8 Å². The van der Waals surface area contributed by atoms with Gasteiger partial charge >= 0.3 is 0 Å². The Morgan fingerprint density at radius 1 is 1.24 bits per heavy atom. The van der Waals surface area contributed by atoms with E-state index in [1.807, 2.05) is 6.20 Å². The minimum atomic E-state index is 0.864. The lowest BCUT2D eigenvalue weighted by Gasteiger charge is -2.10. The fourth-order valence-electron chi connectivity index (χ4n) is 1.78. The van der Waals surface area contributed by atoms with Crippen molar-refractivity contribution in [1.29, 1.82) is 0 Å². The molecule has 17 heavy (non-hydrogen) atoms. The van der Waals surface area contributed by atoms with Gasteiger partial charge in [-0.3, -0.25) is 9.97 Å². The highest BCUT2D eigenvalue weighted by atomic mass is 14.8. The molecular formula is C14H17N3. The maximum atomic E-state index is 4.37. The van der Waals surface area contributed by atoms with E-state index in [1.165, 1.54) is 16.7 Å². The second-order valence-corrected chi connectivity index (χ2v) is 4.03. The summed E-state index contributed by atoms with van der Waals surface area (Å²) < 4.78 is 0. The van der Waals surface area contributed by atoms with Crippen LogP contribution in [0.3, 0.4) is 0 Å². The second-order valence-electron chi connectivity index (χ2n) is 4.03. The molecule has 2 rings (SSSR count). The first kappa shape index (κ1) is 11.7. The first-order valence-electron chi connectivity index (χ1n) is 5.88. The summed E-state index contributed by atoms with van der Waals surface area (Å²) in [7, 11) is 0. The molecule has 0 amide bonds. The van der Waals surface area contributed by atoms with Gasteiger partial charge in [-0.2, -0.15) is 0 Å². The molecule has 0 aliphatic carbocycles. The van der Waals surface area contributed by atoms with Gasteiger partial charge in [-0.15, -0.1) is 0 Å². The van der Waals surface area contributed by atoms with Crippen LogP contribution < -0.4 is 5.32 Å². The Hall–Kier alpha value is -1.74. The number of aryl methyl sites for hydroxylation is 1. The van der Waals surface area contributed by atoms with Crippen LogP contribution in [-0.2, 0) is 6.54 Å². The Labute approximate surface area is 102 Å². The lowest BCUT2D eigenvalue weighted by atomic mass is 10.0. The van der Waals surface area contributed by atoms with Crippen LogP contribution >= 0.6 is 0 Å². The number of rotatable bonds is 4. The van der Waals surface area contributed by atoms with E-state index in [0.717, 1.165) is 18.8 Å². The van der Waals surface area contributed by atoms with Crippen molar-refractivity contribution >= 4 is 0 Å². The van der Waals surface area contributed by atoms with E-state index in [2.05, 4.69) is 47.3 Å². The van der Waals surface area contributed by atoms with Gasteiger partial charge in [0.1, 0.15) is 0 Å². The Balaban J connectivity index is 2.40. The molecule has 0 spiro atoms. The molecule has 1 aromatic carbocycles. The van der Waals surface area contributed by atoms with Gasteiger partial charge in [0.05, 0.1) is 11.9 Å². The van der Waals surface area contributed by atoms with E-state index in [9.17, 15) is 0 Å². The summed E-state index contributed by atoms with van der Waals surface area (Å²) in [5, 5.41) is 3.35. The third-order valence-electron chi connectivity index (χ3n) is 2.67. The van der Waals surface area contributed by atoms with Gasteiger partial charge in [0.25, 0.3) is 0 Å². The Kier molecular flexibility index (Phi) is 3.83. The molecule has 2 aromatic rings. The summed E-state index contributed by atoms with van der Waals surface area (Å²) in [6, 6.07) is 6.45. The predicted octanol–water partition coefficient (Wildman–Crippen LogP) is 2.56. The minimum Gasteiger partial charge on any atom is -0.313 e. The van der Waals surface area contributed by atoms with E-state index in [1.54, 1.807) is 12.4 Å². The number of nitrogens with zero attached hydrogens (tertiary/aromatic N) is 2. The monoisotopic (exact) mass is 227 g/mol. The summed E-state index contributed by atoms with van der Waals surface area (Å²) in [5.74, 6) is 0. The first-order chi connectivity index (χ1) is 8.31. The number of benzene rings is 1. The Bertz CT molecular complexity index is 480. The van der Waals surface area contributed by atoms with Crippen LogP contribution in [0.5, 0.6) is 0 Å². The zero-order valence-corrected chi connectivity index (χ0v) is 10.3. The van der Waals surface area contributed by atoms with Crippen LogP contribution in [0.1, 0.15) is 18.1 Å². The molecule has 0 aliphatic heterocycles. The van der Waals surface area contributed by atoms with E-state index < -0.39 is 0 Å². The summed E-state index contributed by atoms with van der Waals surface area (Å²) in [4.78, 5) is 8.50. The van der Waals surface area contributed by atoms with E-state index in [4.69, 9.17) is 0 Å². The average Bonchev–Trinajstić information content (AvgIpc) is 2.38. The van der Waals surface area contributed by atoms with Crippen LogP contribution in [0, 0.1) is 6.92 Å². The van der Waals surface area contributed by atoms with Crippen LogP contribution in [0.15, 0.2) is 36.8 Å². The molecule has 0 saturated carbocycles. The first-order valence-corrected chi connectivity index (χ1v) is 5.88. The number of hydrogen-bond acceptors (Lipinski definition) is 3. The summed E-state index contributed by atoms with van der Waals surface area (Å²) in [6.45, 7) is 6.03. The van der Waals surface area contributed by atoms with Crippen LogP contribution in [0.25, 0.3) is 11.3 Å². The smallest absolute Gasteiger partial charge is 0.0888 e. The molecule has 3 heteroatoms. The van der Waals surface area contributed by atoms with Crippen molar-refractivity contribution in [2.45, 2.75) is 20.4 Å². The maximum Gasteiger partial charge on any atom is 0.0888 e. The van der Waals surface area contributed by atoms with Crippen molar-refractivity contribution in [3.8, 4) is 11.3 Å². The molecule has 0 fully saturated rings. The Morgan fingerprint density at radius 2 is 2.12 bits per heavy atom. The number of hydrogen-bond donors (Lipinski definition) is 1. The highest BCUT2D eigenvalue weighted by Crippen LogP contribution is 2.22. The van der Waals surface area contributed by atoms with Crippen molar-refractivity contribution < 1.29 is 0 Å². The Morgan fingerprint density at radius 3 is 2.82 bits per heavy atom. The lowest BCUT2D eigenvalue weighted by Crippen LogP contribution is -2.12. The lowest BCUT2D eigenvalue weighted by molar-refractivity contribution is 0.727. The van der Waals surface area contributed by atoms with Crippen LogP contribution in [-0.4, -0.2) is 16.5 Å². The molecule has 0 radical (unpaired) electrons. The molecule has 1 N–H and O–H groups in total. The van der Waals surface area contributed by atoms with Crippen molar-refractivity contribution in [1.82, 2.24) is 15.3 Å². The largest absolute Gasteiger partial charge is 0.313 e.